The minimum Gasteiger partial charge on any atom is -0.439 e. The van der Waals surface area contributed by atoms with Gasteiger partial charge in [-0.05, 0) is 37.1 Å². The summed E-state index contributed by atoms with van der Waals surface area (Å²) in [6, 6.07) is 4.80. The third-order valence-corrected chi connectivity index (χ3v) is 5.86. The van der Waals surface area contributed by atoms with E-state index >= 15 is 0 Å². The fraction of sp³-hybridized carbons (Fsp3) is 0.533. The highest BCUT2D eigenvalue weighted by atomic mass is 32.2. The van der Waals surface area contributed by atoms with Crippen LogP contribution >= 0.6 is 0 Å². The van der Waals surface area contributed by atoms with Gasteiger partial charge in [-0.3, -0.25) is 4.90 Å². The van der Waals surface area contributed by atoms with Gasteiger partial charge in [-0.2, -0.15) is 0 Å². The number of aliphatic hydroxyl groups excluding tert-OH is 1. The topological polar surface area (TPSA) is 83.6 Å². The Bertz CT molecular complexity index is 769. The zero-order valence-electron chi connectivity index (χ0n) is 12.5. The average Bonchev–Trinajstić information content (AvgIpc) is 3.12. The van der Waals surface area contributed by atoms with Gasteiger partial charge in [-0.25, -0.2) is 13.4 Å². The van der Waals surface area contributed by atoms with E-state index < -0.39 is 9.84 Å². The first-order chi connectivity index (χ1) is 10.5. The number of oxazole rings is 1. The van der Waals surface area contributed by atoms with E-state index in [0.29, 0.717) is 29.5 Å². The first-order valence-electron chi connectivity index (χ1n) is 7.47. The smallest absolute Gasteiger partial charge is 0.209 e. The molecular formula is C15H20N2O4S. The maximum absolute atomic E-state index is 11.9. The number of sulfone groups is 1. The Kier molecular flexibility index (Phi) is 4.20. The van der Waals surface area contributed by atoms with Gasteiger partial charge >= 0.3 is 0 Å². The second-order valence-electron chi connectivity index (χ2n) is 5.71. The Morgan fingerprint density at radius 3 is 2.95 bits per heavy atom. The number of aromatic nitrogens is 1. The molecule has 6 nitrogen and oxygen atoms in total. The van der Waals surface area contributed by atoms with E-state index in [9.17, 15) is 13.5 Å². The van der Waals surface area contributed by atoms with Crippen LogP contribution in [0.1, 0.15) is 19.2 Å². The molecule has 0 spiro atoms. The summed E-state index contributed by atoms with van der Waals surface area (Å²) in [4.78, 5) is 6.87. The Morgan fingerprint density at radius 1 is 1.45 bits per heavy atom. The first-order valence-corrected chi connectivity index (χ1v) is 9.12. The molecule has 0 radical (unpaired) electrons. The second-order valence-corrected chi connectivity index (χ2v) is 7.99. The van der Waals surface area contributed by atoms with E-state index in [2.05, 4.69) is 9.88 Å². The van der Waals surface area contributed by atoms with Crippen molar-refractivity contribution in [2.24, 2.45) is 5.92 Å². The van der Waals surface area contributed by atoms with Gasteiger partial charge in [-0.15, -0.1) is 0 Å². The van der Waals surface area contributed by atoms with Crippen molar-refractivity contribution < 1.29 is 17.9 Å². The molecule has 0 amide bonds. The highest BCUT2D eigenvalue weighted by Gasteiger charge is 2.23. The lowest BCUT2D eigenvalue weighted by Crippen LogP contribution is -2.21. The van der Waals surface area contributed by atoms with Crippen LogP contribution in [0, 0.1) is 5.92 Å². The van der Waals surface area contributed by atoms with Crippen LogP contribution in [-0.4, -0.2) is 48.9 Å². The third kappa shape index (κ3) is 3.02. The summed E-state index contributed by atoms with van der Waals surface area (Å²) in [5, 5.41) is 9.17. The molecule has 1 saturated heterocycles. The summed E-state index contributed by atoms with van der Waals surface area (Å²) in [6.07, 6.45) is 0.982. The lowest BCUT2D eigenvalue weighted by atomic mass is 10.1. The molecule has 1 fully saturated rings. The molecule has 2 aromatic rings. The Morgan fingerprint density at radius 2 is 2.27 bits per heavy atom. The molecule has 3 rings (SSSR count). The van der Waals surface area contributed by atoms with Gasteiger partial charge in [0, 0.05) is 13.2 Å². The number of hydrogen-bond donors (Lipinski definition) is 1. The third-order valence-electron chi connectivity index (χ3n) is 4.13. The molecule has 1 N–H and O–H groups in total. The minimum absolute atomic E-state index is 0.0690. The number of rotatable bonds is 5. The average molecular weight is 324 g/mol. The van der Waals surface area contributed by atoms with E-state index in [4.69, 9.17) is 4.42 Å². The van der Waals surface area contributed by atoms with Crippen LogP contribution in [0.2, 0.25) is 0 Å². The Labute approximate surface area is 129 Å². The van der Waals surface area contributed by atoms with E-state index in [-0.39, 0.29) is 17.3 Å². The maximum Gasteiger partial charge on any atom is 0.209 e. The molecule has 1 atom stereocenters. The predicted octanol–water partition coefficient (Wildman–Crippen LogP) is 1.44. The zero-order valence-corrected chi connectivity index (χ0v) is 13.3. The summed E-state index contributed by atoms with van der Waals surface area (Å²) in [5.41, 5.74) is 1.17. The number of aliphatic hydroxyl groups is 1. The summed E-state index contributed by atoms with van der Waals surface area (Å²) >= 11 is 0. The van der Waals surface area contributed by atoms with Gasteiger partial charge < -0.3 is 9.52 Å². The molecule has 1 aromatic carbocycles. The van der Waals surface area contributed by atoms with Crippen LogP contribution in [0.25, 0.3) is 11.1 Å². The fourth-order valence-corrected chi connectivity index (χ4v) is 3.68. The molecule has 2 heterocycles. The molecule has 1 aromatic heterocycles. The van der Waals surface area contributed by atoms with Crippen molar-refractivity contribution in [3.05, 3.63) is 24.1 Å². The first kappa shape index (κ1) is 15.5. The van der Waals surface area contributed by atoms with Gasteiger partial charge in [0.05, 0.1) is 17.2 Å². The lowest BCUT2D eigenvalue weighted by Gasteiger charge is -2.12. The van der Waals surface area contributed by atoms with Gasteiger partial charge in [0.25, 0.3) is 0 Å². The number of benzene rings is 1. The molecule has 7 heteroatoms. The van der Waals surface area contributed by atoms with Gasteiger partial charge in [0.15, 0.2) is 15.4 Å². The molecule has 1 aliphatic heterocycles. The van der Waals surface area contributed by atoms with Crippen LogP contribution in [0.15, 0.2) is 27.5 Å². The minimum atomic E-state index is -3.23. The zero-order chi connectivity index (χ0) is 15.7. The molecule has 22 heavy (non-hydrogen) atoms. The number of likely N-dealkylation sites (tertiary alicyclic amines) is 1. The summed E-state index contributed by atoms with van der Waals surface area (Å²) in [5.74, 6) is 0.977. The quantitative estimate of drug-likeness (QED) is 0.896. The van der Waals surface area contributed by atoms with Gasteiger partial charge in [0.1, 0.15) is 5.52 Å². The summed E-state index contributed by atoms with van der Waals surface area (Å²) in [7, 11) is -3.23. The molecule has 120 valence electrons. The van der Waals surface area contributed by atoms with Crippen molar-refractivity contribution >= 4 is 20.9 Å². The van der Waals surface area contributed by atoms with Crippen LogP contribution in [-0.2, 0) is 16.4 Å². The van der Waals surface area contributed by atoms with Crippen molar-refractivity contribution in [1.82, 2.24) is 9.88 Å². The highest BCUT2D eigenvalue weighted by molar-refractivity contribution is 7.91. The SMILES string of the molecule is CCS(=O)(=O)c1ccc2oc(CN3CCC(CO)C3)nc2c1. The molecule has 0 saturated carbocycles. The Hall–Kier alpha value is -1.44. The van der Waals surface area contributed by atoms with E-state index in [1.165, 1.54) is 0 Å². The summed E-state index contributed by atoms with van der Waals surface area (Å²) < 4.78 is 29.5. The normalized spacial score (nSPS) is 20.0. The van der Waals surface area contributed by atoms with E-state index in [0.717, 1.165) is 19.5 Å². The molecular weight excluding hydrogens is 304 g/mol. The van der Waals surface area contributed by atoms with Crippen LogP contribution in [0.4, 0.5) is 0 Å². The highest BCUT2D eigenvalue weighted by Crippen LogP contribution is 2.23. The monoisotopic (exact) mass is 324 g/mol. The van der Waals surface area contributed by atoms with Crippen LogP contribution in [0.3, 0.4) is 0 Å². The number of nitrogens with zero attached hydrogens (tertiary/aromatic N) is 2. The van der Waals surface area contributed by atoms with Gasteiger partial charge in [0.2, 0.25) is 5.89 Å². The molecule has 0 aliphatic carbocycles. The van der Waals surface area contributed by atoms with E-state index in [1.54, 1.807) is 25.1 Å². The lowest BCUT2D eigenvalue weighted by molar-refractivity contribution is 0.215. The Balaban J connectivity index is 1.81. The number of fused-ring (bicyclic) bond motifs is 1. The molecule has 1 unspecified atom stereocenters. The number of hydrogen-bond acceptors (Lipinski definition) is 6. The van der Waals surface area contributed by atoms with Crippen molar-refractivity contribution in [3.8, 4) is 0 Å². The van der Waals surface area contributed by atoms with Crippen LogP contribution < -0.4 is 0 Å². The molecule has 1 aliphatic rings. The largest absolute Gasteiger partial charge is 0.439 e. The van der Waals surface area contributed by atoms with E-state index in [1.807, 2.05) is 0 Å². The predicted molar refractivity (Wildman–Crippen MR) is 82.2 cm³/mol. The van der Waals surface area contributed by atoms with Crippen molar-refractivity contribution in [3.63, 3.8) is 0 Å². The van der Waals surface area contributed by atoms with Crippen molar-refractivity contribution in [2.75, 3.05) is 25.4 Å². The van der Waals surface area contributed by atoms with Gasteiger partial charge in [-0.1, -0.05) is 6.92 Å². The fourth-order valence-electron chi connectivity index (χ4n) is 2.78. The molecule has 0 bridgehead atoms. The standard InChI is InChI=1S/C15H20N2O4S/c1-2-22(19,20)12-3-4-14-13(7-12)16-15(21-14)9-17-6-5-11(8-17)10-18/h3-4,7,11,18H,2,5-6,8-10H2,1H3. The summed E-state index contributed by atoms with van der Waals surface area (Å²) in [6.45, 7) is 4.17. The maximum atomic E-state index is 11.9. The second kappa shape index (κ2) is 5.98. The van der Waals surface area contributed by atoms with Crippen LogP contribution in [0.5, 0.6) is 0 Å². The van der Waals surface area contributed by atoms with Crippen molar-refractivity contribution in [2.45, 2.75) is 24.8 Å². The van der Waals surface area contributed by atoms with Crippen molar-refractivity contribution in [1.29, 1.82) is 0 Å².